The van der Waals surface area contributed by atoms with Crippen LogP contribution in [-0.4, -0.2) is 29.0 Å². The molecule has 1 saturated heterocycles. The normalized spacial score (nSPS) is 23.4. The summed E-state index contributed by atoms with van der Waals surface area (Å²) < 4.78 is 0. The highest BCUT2D eigenvalue weighted by molar-refractivity contribution is 7.80. The lowest BCUT2D eigenvalue weighted by molar-refractivity contribution is -0.139. The molecule has 1 aliphatic rings. The van der Waals surface area contributed by atoms with Crippen LogP contribution in [0.5, 0.6) is 0 Å². The van der Waals surface area contributed by atoms with Crippen LogP contribution in [0.1, 0.15) is 58.8 Å². The summed E-state index contributed by atoms with van der Waals surface area (Å²) in [7, 11) is 0. The Balaban J connectivity index is 2.10. The van der Waals surface area contributed by atoms with Crippen LogP contribution in [0.25, 0.3) is 0 Å². The van der Waals surface area contributed by atoms with Gasteiger partial charge in [0, 0.05) is 18.4 Å². The number of likely N-dealkylation sites (tertiary alicyclic amines) is 1. The van der Waals surface area contributed by atoms with Crippen molar-refractivity contribution in [1.29, 1.82) is 0 Å². The number of nitrogens with zero attached hydrogens (tertiary/aromatic N) is 1. The molecule has 0 aliphatic carbocycles. The number of hydrogen-bond donors (Lipinski definition) is 1. The minimum Gasteiger partial charge on any atom is -0.282 e. The minimum absolute atomic E-state index is 0.0197. The summed E-state index contributed by atoms with van der Waals surface area (Å²) in [6, 6.07) is 0. The van der Waals surface area contributed by atoms with E-state index < -0.39 is 0 Å². The lowest BCUT2D eigenvalue weighted by Gasteiger charge is -2.14. The monoisotopic (exact) mass is 285 g/mol. The second kappa shape index (κ2) is 8.62. The Hall–Kier alpha value is -0.510. The maximum Gasteiger partial charge on any atom is 0.232 e. The number of imide groups is 1. The first kappa shape index (κ1) is 16.5. The first-order valence-electron chi connectivity index (χ1n) is 7.55. The highest BCUT2D eigenvalue weighted by Gasteiger charge is 2.41. The van der Waals surface area contributed by atoms with Crippen molar-refractivity contribution >= 4 is 24.4 Å². The van der Waals surface area contributed by atoms with E-state index >= 15 is 0 Å². The third-order valence-electron chi connectivity index (χ3n) is 4.10. The average Bonchev–Trinajstić information content (AvgIpc) is 2.59. The third-order valence-corrected chi connectivity index (χ3v) is 4.42. The Labute approximate surface area is 122 Å². The molecule has 1 heterocycles. The van der Waals surface area contributed by atoms with Gasteiger partial charge in [-0.2, -0.15) is 12.6 Å². The van der Waals surface area contributed by atoms with Gasteiger partial charge >= 0.3 is 0 Å². The first-order valence-corrected chi connectivity index (χ1v) is 8.19. The Bertz CT molecular complexity index is 287. The van der Waals surface area contributed by atoms with Crippen LogP contribution in [0, 0.1) is 11.8 Å². The first-order chi connectivity index (χ1) is 9.09. The van der Waals surface area contributed by atoms with E-state index in [0.29, 0.717) is 6.54 Å². The molecule has 1 rings (SSSR count). The van der Waals surface area contributed by atoms with Crippen LogP contribution in [0.2, 0.25) is 0 Å². The molecule has 0 spiro atoms. The summed E-state index contributed by atoms with van der Waals surface area (Å²) in [5.74, 6) is 0.759. The fourth-order valence-corrected chi connectivity index (χ4v) is 2.74. The third kappa shape index (κ3) is 4.83. The van der Waals surface area contributed by atoms with Crippen molar-refractivity contribution in [3.05, 3.63) is 0 Å². The fraction of sp³-hybridized carbons (Fsp3) is 0.867. The maximum absolute atomic E-state index is 11.9. The van der Waals surface area contributed by atoms with Crippen LogP contribution >= 0.6 is 12.6 Å². The van der Waals surface area contributed by atoms with Crippen molar-refractivity contribution in [3.8, 4) is 0 Å². The van der Waals surface area contributed by atoms with E-state index in [1.807, 2.05) is 13.8 Å². The number of rotatable bonds is 9. The molecule has 2 atom stereocenters. The summed E-state index contributed by atoms with van der Waals surface area (Å²) >= 11 is 4.19. The minimum atomic E-state index is -0.131. The van der Waals surface area contributed by atoms with Crippen LogP contribution in [0.15, 0.2) is 0 Å². The average molecular weight is 285 g/mol. The summed E-state index contributed by atoms with van der Waals surface area (Å²) in [5.41, 5.74) is 0. The quantitative estimate of drug-likeness (QED) is 0.401. The molecule has 2 unspecified atom stereocenters. The van der Waals surface area contributed by atoms with E-state index in [1.165, 1.54) is 37.0 Å². The molecule has 0 radical (unpaired) electrons. The summed E-state index contributed by atoms with van der Waals surface area (Å²) in [6.45, 7) is 4.32. The Morgan fingerprint density at radius 1 is 0.842 bits per heavy atom. The van der Waals surface area contributed by atoms with E-state index in [9.17, 15) is 9.59 Å². The van der Waals surface area contributed by atoms with E-state index in [0.717, 1.165) is 18.6 Å². The molecule has 0 aromatic rings. The van der Waals surface area contributed by atoms with Gasteiger partial charge in [-0.05, 0) is 18.6 Å². The maximum atomic E-state index is 11.9. The molecule has 0 saturated carbocycles. The highest BCUT2D eigenvalue weighted by Crippen LogP contribution is 2.25. The lowest BCUT2D eigenvalue weighted by atomic mass is 10.00. The van der Waals surface area contributed by atoms with E-state index in [2.05, 4.69) is 12.6 Å². The van der Waals surface area contributed by atoms with Gasteiger partial charge in [0.2, 0.25) is 11.8 Å². The molecule has 0 aromatic carbocycles. The standard InChI is InChI=1S/C15H27NO2S/c1-12-13(2)15(18)16(14(12)17)10-8-6-4-3-5-7-9-11-19/h12-13,19H,3-11H2,1-2H3. The Kier molecular flexibility index (Phi) is 7.51. The largest absolute Gasteiger partial charge is 0.282 e. The second-order valence-electron chi connectivity index (χ2n) is 5.60. The van der Waals surface area contributed by atoms with Crippen molar-refractivity contribution < 1.29 is 9.59 Å². The number of hydrogen-bond acceptors (Lipinski definition) is 3. The van der Waals surface area contributed by atoms with Crippen molar-refractivity contribution in [3.63, 3.8) is 0 Å². The van der Waals surface area contributed by atoms with E-state index in [4.69, 9.17) is 0 Å². The topological polar surface area (TPSA) is 37.4 Å². The second-order valence-corrected chi connectivity index (χ2v) is 6.05. The van der Waals surface area contributed by atoms with Gasteiger partial charge in [-0.15, -0.1) is 0 Å². The molecule has 19 heavy (non-hydrogen) atoms. The number of carbonyl (C=O) groups excluding carboxylic acids is 2. The zero-order chi connectivity index (χ0) is 14.3. The van der Waals surface area contributed by atoms with Gasteiger partial charge in [-0.25, -0.2) is 0 Å². The lowest BCUT2D eigenvalue weighted by Crippen LogP contribution is -2.31. The molecular weight excluding hydrogens is 258 g/mol. The SMILES string of the molecule is CC1C(=O)N(CCCCCCCCCS)C(=O)C1C. The van der Waals surface area contributed by atoms with Crippen molar-refractivity contribution in [2.45, 2.75) is 58.8 Å². The van der Waals surface area contributed by atoms with Crippen LogP contribution in [0.4, 0.5) is 0 Å². The molecule has 0 bridgehead atoms. The van der Waals surface area contributed by atoms with Gasteiger partial charge < -0.3 is 0 Å². The van der Waals surface area contributed by atoms with Gasteiger partial charge in [0.15, 0.2) is 0 Å². The molecule has 3 nitrogen and oxygen atoms in total. The summed E-state index contributed by atoms with van der Waals surface area (Å²) in [4.78, 5) is 25.2. The fourth-order valence-electron chi connectivity index (χ4n) is 2.51. The summed E-state index contributed by atoms with van der Waals surface area (Å²) in [5, 5.41) is 0. The summed E-state index contributed by atoms with van der Waals surface area (Å²) in [6.07, 6.45) is 8.26. The number of unbranched alkanes of at least 4 members (excludes halogenated alkanes) is 6. The van der Waals surface area contributed by atoms with Crippen molar-refractivity contribution in [2.75, 3.05) is 12.3 Å². The number of thiol groups is 1. The van der Waals surface area contributed by atoms with Crippen molar-refractivity contribution in [2.24, 2.45) is 11.8 Å². The smallest absolute Gasteiger partial charge is 0.232 e. The molecule has 4 heteroatoms. The van der Waals surface area contributed by atoms with Gasteiger partial charge in [-0.3, -0.25) is 14.5 Å². The van der Waals surface area contributed by atoms with Crippen LogP contribution < -0.4 is 0 Å². The van der Waals surface area contributed by atoms with Crippen molar-refractivity contribution in [1.82, 2.24) is 4.90 Å². The van der Waals surface area contributed by atoms with Gasteiger partial charge in [0.25, 0.3) is 0 Å². The Morgan fingerprint density at radius 3 is 1.74 bits per heavy atom. The highest BCUT2D eigenvalue weighted by atomic mass is 32.1. The molecule has 2 amide bonds. The molecule has 1 fully saturated rings. The molecule has 0 aromatic heterocycles. The molecule has 0 N–H and O–H groups in total. The van der Waals surface area contributed by atoms with Crippen LogP contribution in [-0.2, 0) is 9.59 Å². The predicted molar refractivity (Wildman–Crippen MR) is 81.2 cm³/mol. The number of carbonyl (C=O) groups is 2. The Morgan fingerprint density at radius 2 is 1.26 bits per heavy atom. The van der Waals surface area contributed by atoms with E-state index in [-0.39, 0.29) is 23.7 Å². The van der Waals surface area contributed by atoms with Gasteiger partial charge in [0.05, 0.1) is 0 Å². The van der Waals surface area contributed by atoms with Gasteiger partial charge in [-0.1, -0.05) is 46.0 Å². The molecule has 110 valence electrons. The van der Waals surface area contributed by atoms with E-state index in [1.54, 1.807) is 0 Å². The number of amides is 2. The predicted octanol–water partition coefficient (Wildman–Crippen LogP) is 3.29. The zero-order valence-corrected chi connectivity index (χ0v) is 13.1. The molecule has 1 aliphatic heterocycles. The van der Waals surface area contributed by atoms with Crippen LogP contribution in [0.3, 0.4) is 0 Å². The molecular formula is C15H27NO2S. The zero-order valence-electron chi connectivity index (χ0n) is 12.2. The van der Waals surface area contributed by atoms with Gasteiger partial charge in [0.1, 0.15) is 0 Å².